The monoisotopic (exact) mass is 304 g/mol. The van der Waals surface area contributed by atoms with Crippen LogP contribution in [0.1, 0.15) is 11.4 Å². The maximum atomic E-state index is 8.94. The summed E-state index contributed by atoms with van der Waals surface area (Å²) in [5, 5.41) is 12.4. The topological polar surface area (TPSA) is 80.1 Å². The Morgan fingerprint density at radius 2 is 1.86 bits per heavy atom. The molecular weight excluding hydrogens is 292 g/mol. The normalized spacial score (nSPS) is 9.86. The molecule has 1 aromatic carbocycles. The minimum Gasteiger partial charge on any atom is -0.495 e. The van der Waals surface area contributed by atoms with Gasteiger partial charge in [-0.1, -0.05) is 11.6 Å². The Morgan fingerprint density at radius 3 is 2.48 bits per heavy atom. The van der Waals surface area contributed by atoms with Crippen LogP contribution in [-0.4, -0.2) is 24.2 Å². The van der Waals surface area contributed by atoms with Crippen LogP contribution in [0.3, 0.4) is 0 Å². The molecule has 0 radical (unpaired) electrons. The lowest BCUT2D eigenvalue weighted by atomic mass is 10.2. The summed E-state index contributed by atoms with van der Waals surface area (Å²) in [6, 6.07) is 6.89. The molecule has 1 heterocycles. The van der Waals surface area contributed by atoms with Crippen molar-refractivity contribution < 1.29 is 9.47 Å². The van der Waals surface area contributed by atoms with E-state index in [0.29, 0.717) is 33.9 Å². The third-order valence-corrected chi connectivity index (χ3v) is 2.98. The number of methoxy groups -OCH3 is 2. The molecule has 0 atom stereocenters. The van der Waals surface area contributed by atoms with Crippen LogP contribution in [0.5, 0.6) is 11.5 Å². The molecule has 0 aliphatic rings. The maximum Gasteiger partial charge on any atom is 0.228 e. The highest BCUT2D eigenvalue weighted by Gasteiger charge is 2.11. The van der Waals surface area contributed by atoms with Crippen LogP contribution in [-0.2, 0) is 0 Å². The molecule has 0 saturated carbocycles. The Kier molecular flexibility index (Phi) is 4.45. The van der Waals surface area contributed by atoms with E-state index in [1.807, 2.05) is 6.07 Å². The van der Waals surface area contributed by atoms with Gasteiger partial charge in [0, 0.05) is 11.8 Å². The van der Waals surface area contributed by atoms with Crippen LogP contribution in [0.25, 0.3) is 0 Å². The average Bonchev–Trinajstić information content (AvgIpc) is 2.47. The van der Waals surface area contributed by atoms with E-state index in [1.54, 1.807) is 25.1 Å². The van der Waals surface area contributed by atoms with Gasteiger partial charge in [0.05, 0.1) is 24.9 Å². The summed E-state index contributed by atoms with van der Waals surface area (Å²) in [6.07, 6.45) is 0. The van der Waals surface area contributed by atoms with E-state index in [9.17, 15) is 0 Å². The highest BCUT2D eigenvalue weighted by Crippen LogP contribution is 2.36. The first-order valence-corrected chi connectivity index (χ1v) is 6.39. The van der Waals surface area contributed by atoms with Crippen molar-refractivity contribution in [3.63, 3.8) is 0 Å². The zero-order valence-corrected chi connectivity index (χ0v) is 12.5. The second-order valence-electron chi connectivity index (χ2n) is 4.14. The van der Waals surface area contributed by atoms with Gasteiger partial charge in [-0.3, -0.25) is 0 Å². The Hall–Kier alpha value is -2.52. The molecular formula is C14H13ClN4O2. The van der Waals surface area contributed by atoms with Gasteiger partial charge in [-0.05, 0) is 19.1 Å². The molecule has 1 N–H and O–H groups in total. The molecule has 6 nitrogen and oxygen atoms in total. The highest BCUT2D eigenvalue weighted by atomic mass is 35.5. The second-order valence-corrected chi connectivity index (χ2v) is 4.55. The predicted molar refractivity (Wildman–Crippen MR) is 79.3 cm³/mol. The molecule has 0 aliphatic carbocycles. The number of nitrogens with one attached hydrogen (secondary N) is 1. The number of aromatic nitrogens is 2. The minimum absolute atomic E-state index is 0.281. The quantitative estimate of drug-likeness (QED) is 0.935. The summed E-state index contributed by atoms with van der Waals surface area (Å²) < 4.78 is 10.4. The van der Waals surface area contributed by atoms with E-state index in [2.05, 4.69) is 15.3 Å². The zero-order valence-electron chi connectivity index (χ0n) is 11.8. The molecule has 1 aromatic heterocycles. The Morgan fingerprint density at radius 1 is 1.14 bits per heavy atom. The van der Waals surface area contributed by atoms with Gasteiger partial charge in [-0.2, -0.15) is 5.26 Å². The standard InChI is InChI=1S/C14H13ClN4O2/c1-8-4-9(7-16)18-14(17-8)19-11-5-10(15)12(20-2)6-13(11)21-3/h4-6H,1-3H3,(H,17,18,19). The van der Waals surface area contributed by atoms with Gasteiger partial charge in [-0.25, -0.2) is 9.97 Å². The number of hydrogen-bond donors (Lipinski definition) is 1. The van der Waals surface area contributed by atoms with E-state index in [0.717, 1.165) is 0 Å². The van der Waals surface area contributed by atoms with Crippen LogP contribution in [0.15, 0.2) is 18.2 Å². The smallest absolute Gasteiger partial charge is 0.228 e. The number of hydrogen-bond acceptors (Lipinski definition) is 6. The van der Waals surface area contributed by atoms with E-state index in [-0.39, 0.29) is 5.69 Å². The lowest BCUT2D eigenvalue weighted by Crippen LogP contribution is -2.02. The Bertz CT molecular complexity index is 713. The first-order chi connectivity index (χ1) is 10.1. The molecule has 0 fully saturated rings. The molecule has 2 aromatic rings. The van der Waals surface area contributed by atoms with E-state index in [1.165, 1.54) is 14.2 Å². The maximum absolute atomic E-state index is 8.94. The summed E-state index contributed by atoms with van der Waals surface area (Å²) in [4.78, 5) is 8.30. The van der Waals surface area contributed by atoms with Gasteiger partial charge in [-0.15, -0.1) is 0 Å². The van der Waals surface area contributed by atoms with Crippen LogP contribution in [0.4, 0.5) is 11.6 Å². The van der Waals surface area contributed by atoms with Gasteiger partial charge < -0.3 is 14.8 Å². The lowest BCUT2D eigenvalue weighted by Gasteiger charge is -2.13. The predicted octanol–water partition coefficient (Wildman–Crippen LogP) is 3.07. The van der Waals surface area contributed by atoms with E-state index < -0.39 is 0 Å². The molecule has 0 saturated heterocycles. The molecule has 21 heavy (non-hydrogen) atoms. The molecule has 0 aliphatic heterocycles. The molecule has 0 unspecified atom stereocenters. The number of nitrogens with zero attached hydrogens (tertiary/aromatic N) is 3. The zero-order chi connectivity index (χ0) is 15.4. The number of nitriles is 1. The van der Waals surface area contributed by atoms with Gasteiger partial charge >= 0.3 is 0 Å². The van der Waals surface area contributed by atoms with E-state index >= 15 is 0 Å². The summed E-state index contributed by atoms with van der Waals surface area (Å²) in [7, 11) is 3.06. The second kappa shape index (κ2) is 6.29. The van der Waals surface area contributed by atoms with Crippen LogP contribution < -0.4 is 14.8 Å². The lowest BCUT2D eigenvalue weighted by molar-refractivity contribution is 0.396. The summed E-state index contributed by atoms with van der Waals surface area (Å²) in [5.74, 6) is 1.33. The minimum atomic E-state index is 0.281. The van der Waals surface area contributed by atoms with Gasteiger partial charge in [0.1, 0.15) is 23.3 Å². The van der Waals surface area contributed by atoms with Crippen molar-refractivity contribution in [2.45, 2.75) is 6.92 Å². The van der Waals surface area contributed by atoms with Gasteiger partial charge in [0.15, 0.2) is 0 Å². The molecule has 0 spiro atoms. The number of benzene rings is 1. The van der Waals surface area contributed by atoms with Crippen molar-refractivity contribution in [2.24, 2.45) is 0 Å². The van der Waals surface area contributed by atoms with Crippen molar-refractivity contribution in [3.05, 3.63) is 34.6 Å². The van der Waals surface area contributed by atoms with Crippen molar-refractivity contribution in [3.8, 4) is 17.6 Å². The number of rotatable bonds is 4. The molecule has 0 amide bonds. The van der Waals surface area contributed by atoms with Gasteiger partial charge in [0.25, 0.3) is 0 Å². The fourth-order valence-electron chi connectivity index (χ4n) is 1.76. The summed E-state index contributed by atoms with van der Waals surface area (Å²) in [6.45, 7) is 1.78. The van der Waals surface area contributed by atoms with Crippen molar-refractivity contribution in [1.29, 1.82) is 5.26 Å². The van der Waals surface area contributed by atoms with Crippen molar-refractivity contribution in [1.82, 2.24) is 9.97 Å². The molecule has 0 bridgehead atoms. The Balaban J connectivity index is 2.42. The van der Waals surface area contributed by atoms with Crippen LogP contribution in [0.2, 0.25) is 5.02 Å². The van der Waals surface area contributed by atoms with Crippen molar-refractivity contribution >= 4 is 23.2 Å². The Labute approximate surface area is 127 Å². The third kappa shape index (κ3) is 3.33. The van der Waals surface area contributed by atoms with Gasteiger partial charge in [0.2, 0.25) is 5.95 Å². The fourth-order valence-corrected chi connectivity index (χ4v) is 2.00. The average molecular weight is 305 g/mol. The fraction of sp³-hybridized carbons (Fsp3) is 0.214. The van der Waals surface area contributed by atoms with Crippen molar-refractivity contribution in [2.75, 3.05) is 19.5 Å². The van der Waals surface area contributed by atoms with E-state index in [4.69, 9.17) is 26.3 Å². The highest BCUT2D eigenvalue weighted by molar-refractivity contribution is 6.32. The first kappa shape index (κ1) is 14.9. The van der Waals surface area contributed by atoms with Crippen LogP contribution >= 0.6 is 11.6 Å². The molecule has 7 heteroatoms. The first-order valence-electron chi connectivity index (χ1n) is 6.01. The molecule has 2 rings (SSSR count). The number of ether oxygens (including phenoxy) is 2. The summed E-state index contributed by atoms with van der Waals surface area (Å²) in [5.41, 5.74) is 1.55. The van der Waals surface area contributed by atoms with Crippen LogP contribution in [0, 0.1) is 18.3 Å². The summed E-state index contributed by atoms with van der Waals surface area (Å²) >= 11 is 6.10. The number of anilines is 2. The third-order valence-electron chi connectivity index (χ3n) is 2.69. The molecule has 108 valence electrons. The number of aryl methyl sites for hydroxylation is 1. The largest absolute Gasteiger partial charge is 0.495 e. The number of halogens is 1. The SMILES string of the molecule is COc1cc(OC)c(Nc2nc(C)cc(C#N)n2)cc1Cl.